The number of carbonyl (C=O) groups excluding carboxylic acids is 1. The Morgan fingerprint density at radius 3 is 2.64 bits per heavy atom. The highest BCUT2D eigenvalue weighted by Crippen LogP contribution is 2.27. The second kappa shape index (κ2) is 9.99. The van der Waals surface area contributed by atoms with Crippen LogP contribution in [0.25, 0.3) is 11.5 Å². The maximum absolute atomic E-state index is 12.9. The maximum Gasteiger partial charge on any atom is 0.322 e. The quantitative estimate of drug-likeness (QED) is 0.346. The topological polar surface area (TPSA) is 142 Å². The SMILES string of the molecule is Cc1cc(COc2ccc(C(=O)NC3CN(C)CC3c3n[nH]c(=O)s3)cc2)cc(-c2n[nH]c(C)n2)n1. The molecule has 0 spiro atoms. The zero-order chi connectivity index (χ0) is 25.2. The number of H-pyrrole nitrogens is 2. The Morgan fingerprint density at radius 1 is 1.14 bits per heavy atom. The first-order valence-electron chi connectivity index (χ1n) is 11.5. The van der Waals surface area contributed by atoms with E-state index >= 15 is 0 Å². The van der Waals surface area contributed by atoms with E-state index in [0.29, 0.717) is 41.0 Å². The molecule has 0 bridgehead atoms. The lowest BCUT2D eigenvalue weighted by atomic mass is 10.0. The van der Waals surface area contributed by atoms with E-state index in [2.05, 4.69) is 40.6 Å². The Balaban J connectivity index is 1.21. The molecule has 4 heterocycles. The number of hydrogen-bond donors (Lipinski definition) is 3. The zero-order valence-corrected chi connectivity index (χ0v) is 20.9. The van der Waals surface area contributed by atoms with Gasteiger partial charge in [0.2, 0.25) is 0 Å². The van der Waals surface area contributed by atoms with Gasteiger partial charge in [0.25, 0.3) is 5.91 Å². The number of ether oxygens (including phenoxy) is 1. The van der Waals surface area contributed by atoms with Crippen molar-refractivity contribution < 1.29 is 9.53 Å². The summed E-state index contributed by atoms with van der Waals surface area (Å²) >= 11 is 1.09. The molecule has 1 aliphatic rings. The fourth-order valence-electron chi connectivity index (χ4n) is 4.31. The van der Waals surface area contributed by atoms with Crippen molar-refractivity contribution in [2.75, 3.05) is 20.1 Å². The standard InChI is InChI=1S/C24H26N8O3S/c1-13-8-15(9-19(25-13)21-26-14(2)28-29-21)12-35-17-6-4-16(5-7-17)22(33)27-20-11-32(3)10-18(20)23-30-31-24(34)36-23/h4-9,18,20H,10-12H2,1-3H3,(H,27,33)(H,31,34)(H,26,28,29). The number of likely N-dealkylation sites (N-methyl/N-ethyl adjacent to an activating group) is 1. The number of aryl methyl sites for hydroxylation is 2. The van der Waals surface area contributed by atoms with Gasteiger partial charge in [-0.1, -0.05) is 11.3 Å². The molecule has 1 aromatic carbocycles. The predicted molar refractivity (Wildman–Crippen MR) is 134 cm³/mol. The third-order valence-corrected chi connectivity index (χ3v) is 6.83. The van der Waals surface area contributed by atoms with E-state index in [1.54, 1.807) is 24.3 Å². The van der Waals surface area contributed by atoms with Crippen molar-refractivity contribution in [3.8, 4) is 17.3 Å². The summed E-state index contributed by atoms with van der Waals surface area (Å²) in [6.45, 7) is 5.51. The van der Waals surface area contributed by atoms with Gasteiger partial charge in [-0.05, 0) is 62.9 Å². The van der Waals surface area contributed by atoms with Crippen LogP contribution >= 0.6 is 11.3 Å². The molecule has 1 fully saturated rings. The lowest BCUT2D eigenvalue weighted by molar-refractivity contribution is 0.0935. The number of aromatic nitrogens is 6. The van der Waals surface area contributed by atoms with E-state index in [1.165, 1.54) is 0 Å². The van der Waals surface area contributed by atoms with Crippen LogP contribution in [0.5, 0.6) is 5.75 Å². The van der Waals surface area contributed by atoms with Crippen LogP contribution in [0, 0.1) is 13.8 Å². The normalized spacial score (nSPS) is 17.9. The number of benzene rings is 1. The molecule has 3 aromatic heterocycles. The van der Waals surface area contributed by atoms with Gasteiger partial charge in [-0.15, -0.1) is 0 Å². The van der Waals surface area contributed by atoms with Crippen LogP contribution < -0.4 is 14.9 Å². The predicted octanol–water partition coefficient (Wildman–Crippen LogP) is 2.03. The van der Waals surface area contributed by atoms with E-state index in [-0.39, 0.29) is 22.7 Å². The van der Waals surface area contributed by atoms with Gasteiger partial charge in [-0.2, -0.15) is 10.2 Å². The maximum atomic E-state index is 12.9. The fraction of sp³-hybridized carbons (Fsp3) is 0.333. The first-order chi connectivity index (χ1) is 17.3. The van der Waals surface area contributed by atoms with E-state index in [0.717, 1.165) is 35.0 Å². The molecule has 0 aliphatic carbocycles. The summed E-state index contributed by atoms with van der Waals surface area (Å²) in [6.07, 6.45) is 0. The van der Waals surface area contributed by atoms with E-state index < -0.39 is 0 Å². The van der Waals surface area contributed by atoms with Crippen LogP contribution in [0.3, 0.4) is 0 Å². The second-order valence-electron chi connectivity index (χ2n) is 8.92. The molecule has 186 valence electrons. The molecule has 12 heteroatoms. The largest absolute Gasteiger partial charge is 0.489 e. The van der Waals surface area contributed by atoms with Crippen molar-refractivity contribution in [1.29, 1.82) is 0 Å². The van der Waals surface area contributed by atoms with Gasteiger partial charge < -0.3 is 15.0 Å². The number of amides is 1. The summed E-state index contributed by atoms with van der Waals surface area (Å²) in [6, 6.07) is 10.8. The summed E-state index contributed by atoms with van der Waals surface area (Å²) in [4.78, 5) is 35.2. The molecule has 1 saturated heterocycles. The van der Waals surface area contributed by atoms with E-state index in [4.69, 9.17) is 4.74 Å². The van der Waals surface area contributed by atoms with E-state index in [1.807, 2.05) is 33.0 Å². The molecule has 4 aromatic rings. The molecule has 36 heavy (non-hydrogen) atoms. The van der Waals surface area contributed by atoms with Crippen LogP contribution in [0.1, 0.15) is 38.4 Å². The number of rotatable bonds is 7. The molecule has 3 N–H and O–H groups in total. The molecule has 1 amide bonds. The third-order valence-electron chi connectivity index (χ3n) is 5.95. The average molecular weight is 507 g/mol. The van der Waals surface area contributed by atoms with Crippen LogP contribution in [0.2, 0.25) is 0 Å². The van der Waals surface area contributed by atoms with Gasteiger partial charge >= 0.3 is 4.87 Å². The van der Waals surface area contributed by atoms with Gasteiger partial charge in [0, 0.05) is 30.3 Å². The number of nitrogens with one attached hydrogen (secondary N) is 3. The zero-order valence-electron chi connectivity index (χ0n) is 20.1. The molecule has 0 saturated carbocycles. The van der Waals surface area contributed by atoms with Crippen LogP contribution in [-0.4, -0.2) is 67.3 Å². The number of aromatic amines is 2. The van der Waals surface area contributed by atoms with Crippen LogP contribution in [0.15, 0.2) is 41.2 Å². The highest BCUT2D eigenvalue weighted by molar-refractivity contribution is 7.08. The van der Waals surface area contributed by atoms with Crippen molar-refractivity contribution >= 4 is 17.2 Å². The minimum absolute atomic E-state index is 0.0280. The molecule has 1 aliphatic heterocycles. The summed E-state index contributed by atoms with van der Waals surface area (Å²) in [5.74, 6) is 1.72. The molecule has 11 nitrogen and oxygen atoms in total. The Hall–Kier alpha value is -3.90. The molecule has 5 rings (SSSR count). The smallest absolute Gasteiger partial charge is 0.322 e. The summed E-state index contributed by atoms with van der Waals surface area (Å²) in [5.41, 5.74) is 3.01. The van der Waals surface area contributed by atoms with Crippen molar-refractivity contribution in [3.63, 3.8) is 0 Å². The summed E-state index contributed by atoms with van der Waals surface area (Å²) in [7, 11) is 1.99. The molecular formula is C24H26N8O3S. The molecule has 2 atom stereocenters. The van der Waals surface area contributed by atoms with E-state index in [9.17, 15) is 9.59 Å². The van der Waals surface area contributed by atoms with Gasteiger partial charge in [0.15, 0.2) is 5.82 Å². The van der Waals surface area contributed by atoms with Crippen LogP contribution in [0.4, 0.5) is 0 Å². The molecule has 0 radical (unpaired) electrons. The van der Waals surface area contributed by atoms with Gasteiger partial charge in [-0.25, -0.2) is 15.1 Å². The van der Waals surface area contributed by atoms with Crippen molar-refractivity contribution in [2.45, 2.75) is 32.4 Å². The highest BCUT2D eigenvalue weighted by Gasteiger charge is 2.35. The molecule has 2 unspecified atom stereocenters. The summed E-state index contributed by atoms with van der Waals surface area (Å²) in [5, 5.41) is 17.4. The Kier molecular flexibility index (Phi) is 6.61. The van der Waals surface area contributed by atoms with Gasteiger partial charge in [0.05, 0.1) is 6.04 Å². The Labute approximate surface area is 211 Å². The minimum Gasteiger partial charge on any atom is -0.489 e. The van der Waals surface area contributed by atoms with Crippen molar-refractivity contribution in [1.82, 2.24) is 40.6 Å². The fourth-order valence-corrected chi connectivity index (χ4v) is 5.08. The number of hydrogen-bond acceptors (Lipinski definition) is 9. The minimum atomic E-state index is -0.189. The average Bonchev–Trinajstić information content (AvgIpc) is 3.57. The monoisotopic (exact) mass is 506 g/mol. The number of nitrogens with zero attached hydrogens (tertiary/aromatic N) is 5. The van der Waals surface area contributed by atoms with Gasteiger partial charge in [0.1, 0.15) is 28.9 Å². The van der Waals surface area contributed by atoms with Crippen molar-refractivity contribution in [3.05, 3.63) is 73.7 Å². The lowest BCUT2D eigenvalue weighted by Crippen LogP contribution is -2.39. The number of pyridine rings is 1. The highest BCUT2D eigenvalue weighted by atomic mass is 32.1. The Morgan fingerprint density at radius 2 is 1.94 bits per heavy atom. The second-order valence-corrected chi connectivity index (χ2v) is 9.91. The third kappa shape index (κ3) is 5.34. The number of carbonyl (C=O) groups is 1. The van der Waals surface area contributed by atoms with Gasteiger partial charge in [-0.3, -0.25) is 14.7 Å². The summed E-state index contributed by atoms with van der Waals surface area (Å²) < 4.78 is 5.95. The van der Waals surface area contributed by atoms with Crippen LogP contribution in [-0.2, 0) is 6.61 Å². The lowest BCUT2D eigenvalue weighted by Gasteiger charge is -2.18. The Bertz CT molecular complexity index is 1430. The number of likely N-dealkylation sites (tertiary alicyclic amines) is 1. The van der Waals surface area contributed by atoms with Crippen molar-refractivity contribution in [2.24, 2.45) is 0 Å². The molecular weight excluding hydrogens is 480 g/mol. The first kappa shape index (κ1) is 23.8. The first-order valence-corrected chi connectivity index (χ1v) is 12.3.